The lowest BCUT2D eigenvalue weighted by molar-refractivity contribution is 0.355. The fraction of sp³-hybridized carbons (Fsp3) is 0.231. The average Bonchev–Trinajstić information content (AvgIpc) is 2.90. The summed E-state index contributed by atoms with van der Waals surface area (Å²) in [7, 11) is 3.18. The second-order valence-corrected chi connectivity index (χ2v) is 4.17. The van der Waals surface area contributed by atoms with Crippen LogP contribution in [-0.2, 0) is 6.54 Å². The minimum Gasteiger partial charge on any atom is -0.493 e. The molecule has 1 heterocycles. The van der Waals surface area contributed by atoms with Crippen LogP contribution in [0.15, 0.2) is 30.6 Å². The van der Waals surface area contributed by atoms with Crippen molar-refractivity contribution in [1.82, 2.24) is 4.98 Å². The standard InChI is InChI=1S/C13H15ClN2O2/c1-17-12-5-10(14)11(6-13(12)18-2)16-8-9-3-4-15-7-9/h3-7,15-16H,8H2,1-2H3. The average molecular weight is 267 g/mol. The summed E-state index contributed by atoms with van der Waals surface area (Å²) >= 11 is 6.17. The van der Waals surface area contributed by atoms with Crippen molar-refractivity contribution in [1.29, 1.82) is 0 Å². The Morgan fingerprint density at radius 1 is 1.22 bits per heavy atom. The van der Waals surface area contributed by atoms with E-state index in [0.29, 0.717) is 23.1 Å². The Hall–Kier alpha value is -1.81. The number of hydrogen-bond donors (Lipinski definition) is 2. The quantitative estimate of drug-likeness (QED) is 0.873. The van der Waals surface area contributed by atoms with E-state index in [2.05, 4.69) is 10.3 Å². The predicted molar refractivity (Wildman–Crippen MR) is 72.7 cm³/mol. The molecule has 0 atom stereocenters. The van der Waals surface area contributed by atoms with Crippen LogP contribution in [0.2, 0.25) is 5.02 Å². The van der Waals surface area contributed by atoms with Crippen LogP contribution in [0.3, 0.4) is 0 Å². The molecule has 1 aromatic heterocycles. The molecule has 0 unspecified atom stereocenters. The van der Waals surface area contributed by atoms with E-state index in [1.807, 2.05) is 24.5 Å². The smallest absolute Gasteiger partial charge is 0.162 e. The summed E-state index contributed by atoms with van der Waals surface area (Å²) in [6.07, 6.45) is 3.81. The Balaban J connectivity index is 2.17. The number of H-pyrrole nitrogens is 1. The van der Waals surface area contributed by atoms with E-state index in [-0.39, 0.29) is 0 Å². The van der Waals surface area contributed by atoms with Gasteiger partial charge in [-0.05, 0) is 11.6 Å². The first-order valence-corrected chi connectivity index (χ1v) is 5.89. The maximum atomic E-state index is 6.17. The minimum absolute atomic E-state index is 0.600. The normalized spacial score (nSPS) is 10.2. The first-order valence-electron chi connectivity index (χ1n) is 5.51. The Labute approximate surface area is 111 Å². The highest BCUT2D eigenvalue weighted by Gasteiger charge is 2.09. The Bertz CT molecular complexity index is 512. The van der Waals surface area contributed by atoms with Crippen LogP contribution < -0.4 is 14.8 Å². The van der Waals surface area contributed by atoms with Gasteiger partial charge in [0.15, 0.2) is 11.5 Å². The van der Waals surface area contributed by atoms with Crippen molar-refractivity contribution in [2.75, 3.05) is 19.5 Å². The third kappa shape index (κ3) is 2.71. The van der Waals surface area contributed by atoms with Crippen molar-refractivity contribution >= 4 is 17.3 Å². The van der Waals surface area contributed by atoms with Gasteiger partial charge in [-0.2, -0.15) is 0 Å². The number of nitrogens with one attached hydrogen (secondary N) is 2. The number of aromatic amines is 1. The van der Waals surface area contributed by atoms with Gasteiger partial charge >= 0.3 is 0 Å². The summed E-state index contributed by atoms with van der Waals surface area (Å²) in [5.74, 6) is 1.27. The number of rotatable bonds is 5. The number of halogens is 1. The molecule has 0 aliphatic carbocycles. The molecule has 5 heteroatoms. The molecule has 0 saturated carbocycles. The van der Waals surface area contributed by atoms with E-state index >= 15 is 0 Å². The van der Waals surface area contributed by atoms with E-state index in [1.165, 1.54) is 0 Å². The third-order valence-electron chi connectivity index (χ3n) is 2.62. The van der Waals surface area contributed by atoms with Crippen LogP contribution in [0, 0.1) is 0 Å². The number of anilines is 1. The van der Waals surface area contributed by atoms with Crippen LogP contribution in [0.25, 0.3) is 0 Å². The molecule has 0 saturated heterocycles. The highest BCUT2D eigenvalue weighted by atomic mass is 35.5. The Morgan fingerprint density at radius 2 is 1.94 bits per heavy atom. The highest BCUT2D eigenvalue weighted by molar-refractivity contribution is 6.33. The summed E-state index contributed by atoms with van der Waals surface area (Å²) in [6, 6.07) is 5.56. The van der Waals surface area contributed by atoms with Crippen molar-refractivity contribution in [2.24, 2.45) is 0 Å². The zero-order chi connectivity index (χ0) is 13.0. The molecule has 0 spiro atoms. The van der Waals surface area contributed by atoms with Crippen LogP contribution in [0.1, 0.15) is 5.56 Å². The van der Waals surface area contributed by atoms with Gasteiger partial charge in [0.25, 0.3) is 0 Å². The molecule has 0 bridgehead atoms. The number of aromatic nitrogens is 1. The summed E-state index contributed by atoms with van der Waals surface area (Å²) in [4.78, 5) is 3.00. The largest absolute Gasteiger partial charge is 0.493 e. The first kappa shape index (κ1) is 12.6. The number of ether oxygens (including phenoxy) is 2. The van der Waals surface area contributed by atoms with Gasteiger partial charge in [-0.15, -0.1) is 0 Å². The molecule has 0 radical (unpaired) electrons. The summed E-state index contributed by atoms with van der Waals surface area (Å²) in [6.45, 7) is 0.693. The van der Waals surface area contributed by atoms with E-state index < -0.39 is 0 Å². The second kappa shape index (κ2) is 5.69. The Kier molecular flexibility index (Phi) is 3.99. The second-order valence-electron chi connectivity index (χ2n) is 3.76. The van der Waals surface area contributed by atoms with Crippen LogP contribution in [-0.4, -0.2) is 19.2 Å². The van der Waals surface area contributed by atoms with Crippen LogP contribution >= 0.6 is 11.6 Å². The monoisotopic (exact) mass is 266 g/mol. The molecule has 2 N–H and O–H groups in total. The van der Waals surface area contributed by atoms with Gasteiger partial charge in [0.05, 0.1) is 24.9 Å². The molecule has 4 nitrogen and oxygen atoms in total. The van der Waals surface area contributed by atoms with Crippen molar-refractivity contribution in [3.8, 4) is 11.5 Å². The van der Waals surface area contributed by atoms with Gasteiger partial charge in [-0.3, -0.25) is 0 Å². The Morgan fingerprint density at radius 3 is 2.56 bits per heavy atom. The number of hydrogen-bond acceptors (Lipinski definition) is 3. The molecule has 0 amide bonds. The number of methoxy groups -OCH3 is 2. The molecule has 0 fully saturated rings. The summed E-state index contributed by atoms with van der Waals surface area (Å²) < 4.78 is 10.4. The fourth-order valence-corrected chi connectivity index (χ4v) is 1.88. The van der Waals surface area contributed by atoms with E-state index in [0.717, 1.165) is 11.3 Å². The van der Waals surface area contributed by atoms with Gasteiger partial charge in [0.2, 0.25) is 0 Å². The van der Waals surface area contributed by atoms with Crippen molar-refractivity contribution in [3.05, 3.63) is 41.2 Å². The van der Waals surface area contributed by atoms with E-state index in [4.69, 9.17) is 21.1 Å². The molecule has 2 aromatic rings. The number of benzene rings is 1. The SMILES string of the molecule is COc1cc(Cl)c(NCc2cc[nH]c2)cc1OC. The third-order valence-corrected chi connectivity index (χ3v) is 2.93. The van der Waals surface area contributed by atoms with Gasteiger partial charge in [0, 0.05) is 31.1 Å². The summed E-state index contributed by atoms with van der Waals surface area (Å²) in [5.41, 5.74) is 1.97. The van der Waals surface area contributed by atoms with Gasteiger partial charge in [-0.1, -0.05) is 11.6 Å². The molecular weight excluding hydrogens is 252 g/mol. The van der Waals surface area contributed by atoms with Gasteiger partial charge < -0.3 is 19.8 Å². The molecule has 0 aliphatic rings. The molecule has 1 aromatic carbocycles. The van der Waals surface area contributed by atoms with Crippen molar-refractivity contribution in [2.45, 2.75) is 6.54 Å². The molecule has 96 valence electrons. The molecule has 0 aliphatic heterocycles. The first-order chi connectivity index (χ1) is 8.74. The topological polar surface area (TPSA) is 46.3 Å². The lowest BCUT2D eigenvalue weighted by Gasteiger charge is -2.12. The molecule has 18 heavy (non-hydrogen) atoms. The highest BCUT2D eigenvalue weighted by Crippen LogP contribution is 2.36. The zero-order valence-electron chi connectivity index (χ0n) is 10.3. The van der Waals surface area contributed by atoms with Crippen molar-refractivity contribution < 1.29 is 9.47 Å². The van der Waals surface area contributed by atoms with Crippen molar-refractivity contribution in [3.63, 3.8) is 0 Å². The van der Waals surface area contributed by atoms with Gasteiger partial charge in [0.1, 0.15) is 0 Å². The zero-order valence-corrected chi connectivity index (χ0v) is 11.0. The molecule has 2 rings (SSSR count). The fourth-order valence-electron chi connectivity index (χ4n) is 1.66. The lowest BCUT2D eigenvalue weighted by Crippen LogP contribution is -2.00. The maximum Gasteiger partial charge on any atom is 0.162 e. The molecular formula is C13H15ClN2O2. The van der Waals surface area contributed by atoms with Gasteiger partial charge in [-0.25, -0.2) is 0 Å². The van der Waals surface area contributed by atoms with Crippen LogP contribution in [0.4, 0.5) is 5.69 Å². The minimum atomic E-state index is 0.600. The predicted octanol–water partition coefficient (Wildman–Crippen LogP) is 3.30. The van der Waals surface area contributed by atoms with E-state index in [9.17, 15) is 0 Å². The maximum absolute atomic E-state index is 6.17. The van der Waals surface area contributed by atoms with E-state index in [1.54, 1.807) is 20.3 Å². The lowest BCUT2D eigenvalue weighted by atomic mass is 10.2. The summed E-state index contributed by atoms with van der Waals surface area (Å²) in [5, 5.41) is 3.85. The van der Waals surface area contributed by atoms with Crippen LogP contribution in [0.5, 0.6) is 11.5 Å².